The van der Waals surface area contributed by atoms with Crippen LogP contribution in [0.15, 0.2) is 46.9 Å². The lowest BCUT2D eigenvalue weighted by Gasteiger charge is -2.11. The molecule has 20 heavy (non-hydrogen) atoms. The molecule has 2 rings (SSSR count). The third-order valence-electron chi connectivity index (χ3n) is 2.89. The average molecular weight is 336 g/mol. The van der Waals surface area contributed by atoms with E-state index in [-0.39, 0.29) is 0 Å². The zero-order valence-electron chi connectivity index (χ0n) is 11.7. The summed E-state index contributed by atoms with van der Waals surface area (Å²) in [6, 6.07) is 13.9. The Morgan fingerprint density at radius 2 is 1.85 bits per heavy atom. The molecule has 2 aromatic rings. The number of benzene rings is 2. The van der Waals surface area contributed by atoms with E-state index in [9.17, 15) is 0 Å². The highest BCUT2D eigenvalue weighted by Crippen LogP contribution is 2.24. The quantitative estimate of drug-likeness (QED) is 0.844. The monoisotopic (exact) mass is 335 g/mol. The molecule has 2 aromatic carbocycles. The smallest absolute Gasteiger partial charge is 0.123 e. The van der Waals surface area contributed by atoms with Gasteiger partial charge < -0.3 is 14.8 Å². The lowest BCUT2D eigenvalue weighted by molar-refractivity contribution is 0.340. The summed E-state index contributed by atoms with van der Waals surface area (Å²) in [6.07, 6.45) is 0. The highest BCUT2D eigenvalue weighted by molar-refractivity contribution is 9.10. The Morgan fingerprint density at radius 1 is 1.10 bits per heavy atom. The predicted octanol–water partition coefficient (Wildman–Crippen LogP) is 4.47. The van der Waals surface area contributed by atoms with Crippen molar-refractivity contribution in [1.82, 2.24) is 0 Å². The van der Waals surface area contributed by atoms with Crippen LogP contribution in [-0.2, 0) is 6.54 Å². The zero-order valence-corrected chi connectivity index (χ0v) is 13.2. The van der Waals surface area contributed by atoms with Gasteiger partial charge in [-0.3, -0.25) is 0 Å². The molecule has 0 atom stereocenters. The predicted molar refractivity (Wildman–Crippen MR) is 85.6 cm³/mol. The minimum atomic E-state index is 0.683. The van der Waals surface area contributed by atoms with Gasteiger partial charge in [0.1, 0.15) is 11.5 Å². The van der Waals surface area contributed by atoms with Gasteiger partial charge in [0, 0.05) is 22.3 Å². The Kier molecular flexibility index (Phi) is 5.30. The van der Waals surface area contributed by atoms with E-state index < -0.39 is 0 Å². The van der Waals surface area contributed by atoms with Crippen LogP contribution >= 0.6 is 15.9 Å². The van der Waals surface area contributed by atoms with E-state index in [4.69, 9.17) is 9.47 Å². The molecule has 0 unspecified atom stereocenters. The number of halogens is 1. The number of rotatable bonds is 6. The fraction of sp³-hybridized carbons (Fsp3) is 0.250. The summed E-state index contributed by atoms with van der Waals surface area (Å²) in [5.74, 6) is 1.77. The third kappa shape index (κ3) is 3.90. The molecule has 3 nitrogen and oxygen atoms in total. The Hall–Kier alpha value is -1.68. The van der Waals surface area contributed by atoms with Crippen LogP contribution in [0.5, 0.6) is 11.5 Å². The molecule has 106 valence electrons. The number of hydrogen-bond acceptors (Lipinski definition) is 3. The molecule has 0 heterocycles. The Balaban J connectivity index is 2.02. The van der Waals surface area contributed by atoms with Crippen LogP contribution < -0.4 is 14.8 Å². The molecule has 0 aliphatic heterocycles. The van der Waals surface area contributed by atoms with Gasteiger partial charge in [0.25, 0.3) is 0 Å². The number of ether oxygens (including phenoxy) is 2. The minimum Gasteiger partial charge on any atom is -0.496 e. The van der Waals surface area contributed by atoms with Gasteiger partial charge in [-0.05, 0) is 49.4 Å². The summed E-state index contributed by atoms with van der Waals surface area (Å²) in [4.78, 5) is 0. The van der Waals surface area contributed by atoms with Crippen LogP contribution in [0.4, 0.5) is 5.69 Å². The first-order valence-electron chi connectivity index (χ1n) is 6.52. The highest BCUT2D eigenvalue weighted by atomic mass is 79.9. The van der Waals surface area contributed by atoms with Gasteiger partial charge in [0.2, 0.25) is 0 Å². The fourth-order valence-electron chi connectivity index (χ4n) is 1.92. The molecular weight excluding hydrogens is 318 g/mol. The molecule has 0 amide bonds. The molecule has 0 aromatic heterocycles. The second-order valence-corrected chi connectivity index (χ2v) is 5.18. The van der Waals surface area contributed by atoms with Crippen molar-refractivity contribution in [3.05, 3.63) is 52.5 Å². The maximum Gasteiger partial charge on any atom is 0.123 e. The van der Waals surface area contributed by atoms with Gasteiger partial charge in [0.15, 0.2) is 0 Å². The molecule has 0 radical (unpaired) electrons. The minimum absolute atomic E-state index is 0.683. The van der Waals surface area contributed by atoms with Crippen LogP contribution in [0.1, 0.15) is 12.5 Å². The molecule has 0 aliphatic carbocycles. The normalized spacial score (nSPS) is 10.2. The van der Waals surface area contributed by atoms with E-state index >= 15 is 0 Å². The number of anilines is 1. The molecular formula is C16H18BrNO2. The van der Waals surface area contributed by atoms with Gasteiger partial charge in [-0.2, -0.15) is 0 Å². The molecule has 0 bridgehead atoms. The van der Waals surface area contributed by atoms with E-state index in [1.807, 2.05) is 43.3 Å². The van der Waals surface area contributed by atoms with Crippen molar-refractivity contribution in [1.29, 1.82) is 0 Å². The van der Waals surface area contributed by atoms with E-state index in [1.165, 1.54) is 0 Å². The summed E-state index contributed by atoms with van der Waals surface area (Å²) in [5, 5.41) is 3.38. The van der Waals surface area contributed by atoms with Crippen LogP contribution in [0.25, 0.3) is 0 Å². The standard InChI is InChI=1S/C16H18BrNO2/c1-3-20-15-7-5-14(6-8-15)18-11-12-10-13(17)4-9-16(12)19-2/h4-10,18H,3,11H2,1-2H3. The second-order valence-electron chi connectivity index (χ2n) is 4.27. The topological polar surface area (TPSA) is 30.5 Å². The summed E-state index contributed by atoms with van der Waals surface area (Å²) < 4.78 is 11.8. The van der Waals surface area contributed by atoms with Crippen molar-refractivity contribution in [3.8, 4) is 11.5 Å². The molecule has 0 fully saturated rings. The van der Waals surface area contributed by atoms with Gasteiger partial charge in [-0.1, -0.05) is 15.9 Å². The fourth-order valence-corrected chi connectivity index (χ4v) is 2.33. The molecule has 0 aliphatic rings. The van der Waals surface area contributed by atoms with Crippen molar-refractivity contribution in [2.45, 2.75) is 13.5 Å². The number of methoxy groups -OCH3 is 1. The zero-order chi connectivity index (χ0) is 14.4. The number of nitrogens with one attached hydrogen (secondary N) is 1. The lowest BCUT2D eigenvalue weighted by Crippen LogP contribution is -2.02. The van der Waals surface area contributed by atoms with Crippen LogP contribution in [0, 0.1) is 0 Å². The third-order valence-corrected chi connectivity index (χ3v) is 3.38. The molecule has 1 N–H and O–H groups in total. The first-order valence-corrected chi connectivity index (χ1v) is 7.31. The Labute approximate surface area is 128 Å². The van der Waals surface area contributed by atoms with Gasteiger partial charge in [0.05, 0.1) is 13.7 Å². The molecule has 0 saturated heterocycles. The first-order chi connectivity index (χ1) is 9.72. The SMILES string of the molecule is CCOc1ccc(NCc2cc(Br)ccc2OC)cc1. The van der Waals surface area contributed by atoms with Crippen molar-refractivity contribution in [3.63, 3.8) is 0 Å². The maximum atomic E-state index is 5.42. The Bertz CT molecular complexity index is 555. The van der Waals surface area contributed by atoms with Gasteiger partial charge in [-0.15, -0.1) is 0 Å². The van der Waals surface area contributed by atoms with Crippen molar-refractivity contribution < 1.29 is 9.47 Å². The first kappa shape index (κ1) is 14.7. The average Bonchev–Trinajstić information content (AvgIpc) is 2.47. The summed E-state index contributed by atoms with van der Waals surface area (Å²) >= 11 is 3.48. The van der Waals surface area contributed by atoms with Gasteiger partial charge in [-0.25, -0.2) is 0 Å². The van der Waals surface area contributed by atoms with Gasteiger partial charge >= 0.3 is 0 Å². The second kappa shape index (κ2) is 7.20. The van der Waals surface area contributed by atoms with E-state index in [0.717, 1.165) is 27.2 Å². The van der Waals surface area contributed by atoms with Crippen molar-refractivity contribution in [2.24, 2.45) is 0 Å². The van der Waals surface area contributed by atoms with Crippen molar-refractivity contribution >= 4 is 21.6 Å². The highest BCUT2D eigenvalue weighted by Gasteiger charge is 2.03. The largest absolute Gasteiger partial charge is 0.496 e. The van der Waals surface area contributed by atoms with Crippen molar-refractivity contribution in [2.75, 3.05) is 19.0 Å². The number of hydrogen-bond donors (Lipinski definition) is 1. The van der Waals surface area contributed by atoms with Crippen LogP contribution in [0.3, 0.4) is 0 Å². The van der Waals surface area contributed by atoms with E-state index in [2.05, 4.69) is 27.3 Å². The molecule has 0 saturated carbocycles. The van der Waals surface area contributed by atoms with Crippen LogP contribution in [-0.4, -0.2) is 13.7 Å². The van der Waals surface area contributed by atoms with Crippen LogP contribution in [0.2, 0.25) is 0 Å². The molecule has 4 heteroatoms. The molecule has 0 spiro atoms. The van der Waals surface area contributed by atoms with E-state index in [1.54, 1.807) is 7.11 Å². The maximum absolute atomic E-state index is 5.42. The summed E-state index contributed by atoms with van der Waals surface area (Å²) in [7, 11) is 1.68. The Morgan fingerprint density at radius 3 is 2.50 bits per heavy atom. The lowest BCUT2D eigenvalue weighted by atomic mass is 10.2. The summed E-state index contributed by atoms with van der Waals surface area (Å²) in [6.45, 7) is 3.37. The van der Waals surface area contributed by atoms with E-state index in [0.29, 0.717) is 13.2 Å². The summed E-state index contributed by atoms with van der Waals surface area (Å²) in [5.41, 5.74) is 2.16.